The number of aliphatic carboxylic acids is 1. The lowest BCUT2D eigenvalue weighted by atomic mass is 9.91. The van der Waals surface area contributed by atoms with Crippen LogP contribution in [0.15, 0.2) is 42.5 Å². The van der Waals surface area contributed by atoms with Crippen molar-refractivity contribution in [2.24, 2.45) is 11.8 Å². The molecule has 0 spiro atoms. The van der Waals surface area contributed by atoms with E-state index in [1.54, 1.807) is 0 Å². The van der Waals surface area contributed by atoms with Gasteiger partial charge in [0.05, 0.1) is 5.92 Å². The number of carboxylic acid groups (broad SMARTS) is 1. The number of carbonyl (C=O) groups excluding carboxylic acids is 1. The Hall–Kier alpha value is -2.93. The number of pyridine rings is 1. The Labute approximate surface area is 201 Å². The molecule has 7 heteroatoms. The van der Waals surface area contributed by atoms with E-state index in [1.165, 1.54) is 12.0 Å². The van der Waals surface area contributed by atoms with Gasteiger partial charge < -0.3 is 15.3 Å². The molecule has 0 bridgehead atoms. The van der Waals surface area contributed by atoms with E-state index < -0.39 is 12.0 Å². The Morgan fingerprint density at radius 3 is 2.62 bits per heavy atom. The quantitative estimate of drug-likeness (QED) is 0.685. The highest BCUT2D eigenvalue weighted by Crippen LogP contribution is 2.31. The number of carboxylic acids is 1. The maximum atomic E-state index is 13.2. The summed E-state index contributed by atoms with van der Waals surface area (Å²) in [6, 6.07) is 13.0. The Bertz CT molecular complexity index is 1020. The number of aromatic nitrogens is 1. The average molecular weight is 463 g/mol. The van der Waals surface area contributed by atoms with Gasteiger partial charge in [-0.25, -0.2) is 4.98 Å². The van der Waals surface area contributed by atoms with Crippen LogP contribution < -0.4 is 5.32 Å². The molecule has 0 aliphatic carbocycles. The van der Waals surface area contributed by atoms with Crippen molar-refractivity contribution in [1.29, 1.82) is 0 Å². The van der Waals surface area contributed by atoms with Gasteiger partial charge in [-0.2, -0.15) is 0 Å². The van der Waals surface area contributed by atoms with Crippen LogP contribution in [0.2, 0.25) is 0 Å². The predicted octanol–water partition coefficient (Wildman–Crippen LogP) is 3.37. The minimum Gasteiger partial charge on any atom is -0.480 e. The summed E-state index contributed by atoms with van der Waals surface area (Å²) in [6.07, 6.45) is 5.95. The van der Waals surface area contributed by atoms with Gasteiger partial charge in [0.25, 0.3) is 0 Å². The largest absolute Gasteiger partial charge is 0.480 e. The van der Waals surface area contributed by atoms with E-state index in [0.717, 1.165) is 68.8 Å². The van der Waals surface area contributed by atoms with Crippen LogP contribution >= 0.6 is 0 Å². The number of aryl methyl sites for hydroxylation is 1. The molecule has 5 rings (SSSR count). The number of piperidine rings is 1. The number of anilines is 1. The maximum Gasteiger partial charge on any atom is 0.325 e. The molecular formula is C27H34N4O3. The maximum absolute atomic E-state index is 13.2. The molecule has 0 radical (unpaired) electrons. The average Bonchev–Trinajstić information content (AvgIpc) is 3.34. The van der Waals surface area contributed by atoms with Gasteiger partial charge in [0.15, 0.2) is 0 Å². The van der Waals surface area contributed by atoms with E-state index >= 15 is 0 Å². The van der Waals surface area contributed by atoms with Crippen molar-refractivity contribution in [2.45, 2.75) is 44.6 Å². The predicted molar refractivity (Wildman–Crippen MR) is 131 cm³/mol. The van der Waals surface area contributed by atoms with Gasteiger partial charge >= 0.3 is 5.97 Å². The van der Waals surface area contributed by atoms with Crippen LogP contribution in [0.4, 0.5) is 5.82 Å². The number of carbonyl (C=O) groups is 2. The van der Waals surface area contributed by atoms with E-state index in [0.29, 0.717) is 19.0 Å². The van der Waals surface area contributed by atoms with Gasteiger partial charge in [-0.05, 0) is 61.6 Å². The third-order valence-electron chi connectivity index (χ3n) is 7.66. The number of fused-ring (bicyclic) bond motifs is 1. The van der Waals surface area contributed by atoms with Gasteiger partial charge in [0.2, 0.25) is 5.91 Å². The zero-order chi connectivity index (χ0) is 23.5. The number of hydrogen-bond donors (Lipinski definition) is 2. The number of rotatable bonds is 6. The molecule has 2 fully saturated rings. The van der Waals surface area contributed by atoms with E-state index in [1.807, 2.05) is 40.1 Å². The Morgan fingerprint density at radius 2 is 1.85 bits per heavy atom. The van der Waals surface area contributed by atoms with Gasteiger partial charge in [-0.3, -0.25) is 14.5 Å². The van der Waals surface area contributed by atoms with Crippen molar-refractivity contribution in [3.63, 3.8) is 0 Å². The summed E-state index contributed by atoms with van der Waals surface area (Å²) in [5.74, 6) is 0.820. The molecule has 3 aliphatic rings. The topological polar surface area (TPSA) is 85.8 Å². The van der Waals surface area contributed by atoms with Crippen molar-refractivity contribution in [3.05, 3.63) is 59.3 Å². The first-order chi connectivity index (χ1) is 16.6. The summed E-state index contributed by atoms with van der Waals surface area (Å²) in [5, 5.41) is 13.2. The van der Waals surface area contributed by atoms with Crippen molar-refractivity contribution < 1.29 is 14.7 Å². The second kappa shape index (κ2) is 10.1. The normalized spacial score (nSPS) is 22.1. The van der Waals surface area contributed by atoms with Crippen LogP contribution in [0.1, 0.15) is 48.5 Å². The standard InChI is InChI=1S/C27H34N4O3/c32-26(22-12-16-31(18-22)24(27(33)34)20-5-2-1-3-6-20)30-14-10-19(11-15-30)17-23-9-8-21-7-4-13-28-25(21)29-23/h1-3,5-6,8-9,19,22,24H,4,7,10-18H2,(H,28,29)(H,33,34)/t22-,24?/m0/s1. The van der Waals surface area contributed by atoms with E-state index in [4.69, 9.17) is 4.98 Å². The van der Waals surface area contributed by atoms with E-state index in [2.05, 4.69) is 17.4 Å². The molecule has 2 saturated heterocycles. The molecule has 2 aromatic rings. The fourth-order valence-corrected chi connectivity index (χ4v) is 5.76. The molecule has 4 heterocycles. The molecule has 180 valence electrons. The summed E-state index contributed by atoms with van der Waals surface area (Å²) >= 11 is 0. The number of benzene rings is 1. The first-order valence-corrected chi connectivity index (χ1v) is 12.6. The molecule has 2 N–H and O–H groups in total. The van der Waals surface area contributed by atoms with Gasteiger partial charge in [0, 0.05) is 38.4 Å². The molecule has 1 aromatic carbocycles. The first kappa shape index (κ1) is 22.8. The summed E-state index contributed by atoms with van der Waals surface area (Å²) < 4.78 is 0. The second-order valence-electron chi connectivity index (χ2n) is 9.95. The fourth-order valence-electron chi connectivity index (χ4n) is 5.76. The summed E-state index contributed by atoms with van der Waals surface area (Å²) in [7, 11) is 0. The number of amides is 1. The van der Waals surface area contributed by atoms with Gasteiger partial charge in [-0.1, -0.05) is 36.4 Å². The highest BCUT2D eigenvalue weighted by atomic mass is 16.4. The molecule has 3 aliphatic heterocycles. The molecule has 1 amide bonds. The molecule has 1 unspecified atom stereocenters. The van der Waals surface area contributed by atoms with Crippen molar-refractivity contribution >= 4 is 17.7 Å². The minimum absolute atomic E-state index is 0.115. The van der Waals surface area contributed by atoms with Crippen molar-refractivity contribution in [1.82, 2.24) is 14.8 Å². The zero-order valence-corrected chi connectivity index (χ0v) is 19.7. The Morgan fingerprint density at radius 1 is 1.06 bits per heavy atom. The monoisotopic (exact) mass is 462 g/mol. The smallest absolute Gasteiger partial charge is 0.325 e. The van der Waals surface area contributed by atoms with Gasteiger partial charge in [0.1, 0.15) is 11.9 Å². The number of likely N-dealkylation sites (tertiary alicyclic amines) is 2. The molecule has 34 heavy (non-hydrogen) atoms. The van der Waals surface area contributed by atoms with E-state index in [9.17, 15) is 14.7 Å². The van der Waals surface area contributed by atoms with Crippen LogP contribution in [0.3, 0.4) is 0 Å². The van der Waals surface area contributed by atoms with Crippen molar-refractivity contribution in [2.75, 3.05) is 38.0 Å². The lowest BCUT2D eigenvalue weighted by molar-refractivity contribution is -0.144. The number of nitrogens with one attached hydrogen (secondary N) is 1. The Balaban J connectivity index is 1.14. The molecule has 7 nitrogen and oxygen atoms in total. The molecule has 1 aromatic heterocycles. The summed E-state index contributed by atoms with van der Waals surface area (Å²) in [4.78, 5) is 34.0. The Kier molecular flexibility index (Phi) is 6.81. The van der Waals surface area contributed by atoms with Crippen molar-refractivity contribution in [3.8, 4) is 0 Å². The lowest BCUT2D eigenvalue weighted by Gasteiger charge is -2.34. The van der Waals surface area contributed by atoms with Crippen LogP contribution in [-0.2, 0) is 22.4 Å². The molecule has 2 atom stereocenters. The third-order valence-corrected chi connectivity index (χ3v) is 7.66. The van der Waals surface area contributed by atoms with Gasteiger partial charge in [-0.15, -0.1) is 0 Å². The van der Waals surface area contributed by atoms with Crippen LogP contribution in [0, 0.1) is 11.8 Å². The first-order valence-electron chi connectivity index (χ1n) is 12.6. The van der Waals surface area contributed by atoms with E-state index in [-0.39, 0.29) is 11.8 Å². The van der Waals surface area contributed by atoms with Crippen LogP contribution in [0.25, 0.3) is 0 Å². The fraction of sp³-hybridized carbons (Fsp3) is 0.519. The number of hydrogen-bond acceptors (Lipinski definition) is 5. The highest BCUT2D eigenvalue weighted by Gasteiger charge is 2.38. The minimum atomic E-state index is -0.855. The SMILES string of the molecule is O=C(O)C(c1ccccc1)N1CC[C@H](C(=O)N2CCC(Cc3ccc4c(n3)NCCC4)CC2)C1. The second-order valence-corrected chi connectivity index (χ2v) is 9.95. The van der Waals surface area contributed by atoms with Crippen LogP contribution in [-0.4, -0.2) is 64.5 Å². The summed E-state index contributed by atoms with van der Waals surface area (Å²) in [6.45, 7) is 3.71. The van der Waals surface area contributed by atoms with Crippen LogP contribution in [0.5, 0.6) is 0 Å². The summed E-state index contributed by atoms with van der Waals surface area (Å²) in [5.41, 5.74) is 3.23. The zero-order valence-electron chi connectivity index (χ0n) is 19.7. The third kappa shape index (κ3) is 4.94. The lowest BCUT2D eigenvalue weighted by Crippen LogP contribution is -2.43. The highest BCUT2D eigenvalue weighted by molar-refractivity contribution is 5.80. The molecular weight excluding hydrogens is 428 g/mol. The number of nitrogens with zero attached hydrogens (tertiary/aromatic N) is 3. The molecule has 0 saturated carbocycles.